The van der Waals surface area contributed by atoms with Crippen molar-refractivity contribution in [2.75, 3.05) is 0 Å². The van der Waals surface area contributed by atoms with E-state index in [9.17, 15) is 4.79 Å². The van der Waals surface area contributed by atoms with Crippen LogP contribution in [0.2, 0.25) is 5.02 Å². The largest absolute Gasteiger partial charge is 0.419 e. The van der Waals surface area contributed by atoms with Crippen molar-refractivity contribution in [1.82, 2.24) is 20.5 Å². The van der Waals surface area contributed by atoms with Gasteiger partial charge in [0, 0.05) is 30.6 Å². The Bertz CT molecular complexity index is 820. The van der Waals surface area contributed by atoms with Crippen molar-refractivity contribution in [3.05, 3.63) is 65.1 Å². The van der Waals surface area contributed by atoms with E-state index in [1.165, 1.54) is 0 Å². The Morgan fingerprint density at radius 2 is 1.96 bits per heavy atom. The first-order valence-corrected chi connectivity index (χ1v) is 7.84. The number of aromatic nitrogens is 3. The fraction of sp³-hybridized carbons (Fsp3) is 0.176. The molecule has 1 N–H and O–H groups in total. The molecular formula is C17H15ClN4O2. The number of hydrogen-bond acceptors (Lipinski definition) is 5. The van der Waals surface area contributed by atoms with Gasteiger partial charge in [-0.3, -0.25) is 9.78 Å². The van der Waals surface area contributed by atoms with E-state index in [1.54, 1.807) is 18.3 Å². The number of nitrogens with zero attached hydrogens (tertiary/aromatic N) is 3. The summed E-state index contributed by atoms with van der Waals surface area (Å²) in [6.07, 6.45) is 2.28. The summed E-state index contributed by atoms with van der Waals surface area (Å²) in [6, 6.07) is 12.8. The molecule has 122 valence electrons. The molecule has 0 saturated carbocycles. The highest BCUT2D eigenvalue weighted by Crippen LogP contribution is 2.16. The van der Waals surface area contributed by atoms with Gasteiger partial charge in [0.15, 0.2) is 0 Å². The molecule has 0 atom stereocenters. The van der Waals surface area contributed by atoms with E-state index in [2.05, 4.69) is 20.5 Å². The summed E-state index contributed by atoms with van der Waals surface area (Å²) in [7, 11) is 0. The third-order valence-corrected chi connectivity index (χ3v) is 3.72. The van der Waals surface area contributed by atoms with E-state index >= 15 is 0 Å². The molecule has 0 spiro atoms. The number of carbonyl (C=O) groups excluding carboxylic acids is 1. The number of aryl methyl sites for hydroxylation is 1. The molecule has 6 nitrogen and oxygen atoms in total. The Kier molecular flexibility index (Phi) is 5.18. The van der Waals surface area contributed by atoms with Gasteiger partial charge in [0.2, 0.25) is 11.8 Å². The highest BCUT2D eigenvalue weighted by molar-refractivity contribution is 6.31. The van der Waals surface area contributed by atoms with Gasteiger partial charge >= 0.3 is 0 Å². The van der Waals surface area contributed by atoms with Crippen LogP contribution in [0, 0.1) is 0 Å². The van der Waals surface area contributed by atoms with Crippen molar-refractivity contribution in [3.63, 3.8) is 0 Å². The van der Waals surface area contributed by atoms with Gasteiger partial charge in [-0.25, -0.2) is 0 Å². The quantitative estimate of drug-likeness (QED) is 0.744. The van der Waals surface area contributed by atoms with Crippen molar-refractivity contribution in [3.8, 4) is 11.6 Å². The summed E-state index contributed by atoms with van der Waals surface area (Å²) >= 11 is 6.05. The minimum absolute atomic E-state index is 0.104. The molecule has 0 unspecified atom stereocenters. The molecule has 1 amide bonds. The number of nitrogens with one attached hydrogen (secondary N) is 1. The van der Waals surface area contributed by atoms with E-state index in [0.717, 1.165) is 5.56 Å². The lowest BCUT2D eigenvalue weighted by Crippen LogP contribution is -2.23. The monoisotopic (exact) mass is 342 g/mol. The van der Waals surface area contributed by atoms with Gasteiger partial charge in [0.1, 0.15) is 5.69 Å². The van der Waals surface area contributed by atoms with Gasteiger partial charge in [-0.1, -0.05) is 35.9 Å². The molecule has 2 heterocycles. The fourth-order valence-corrected chi connectivity index (χ4v) is 2.29. The summed E-state index contributed by atoms with van der Waals surface area (Å²) in [6.45, 7) is 0.390. The number of rotatable bonds is 6. The summed E-state index contributed by atoms with van der Waals surface area (Å²) in [4.78, 5) is 16.1. The first kappa shape index (κ1) is 16.1. The SMILES string of the molecule is O=C(CCc1nnc(-c2ccccn2)o1)NCc1ccccc1Cl. The first-order valence-electron chi connectivity index (χ1n) is 7.46. The second kappa shape index (κ2) is 7.70. The number of benzene rings is 1. The molecule has 3 rings (SSSR count). The summed E-state index contributed by atoms with van der Waals surface area (Å²) in [5.74, 6) is 0.651. The van der Waals surface area contributed by atoms with Crippen LogP contribution in [0.1, 0.15) is 17.9 Å². The average molecular weight is 343 g/mol. The number of hydrogen-bond donors (Lipinski definition) is 1. The zero-order valence-corrected chi connectivity index (χ0v) is 13.5. The van der Waals surface area contributed by atoms with Gasteiger partial charge < -0.3 is 9.73 Å². The van der Waals surface area contributed by atoms with E-state index in [4.69, 9.17) is 16.0 Å². The lowest BCUT2D eigenvalue weighted by Gasteiger charge is -2.06. The van der Waals surface area contributed by atoms with Crippen LogP contribution in [0.5, 0.6) is 0 Å². The third-order valence-electron chi connectivity index (χ3n) is 3.35. The van der Waals surface area contributed by atoms with Crippen molar-refractivity contribution in [1.29, 1.82) is 0 Å². The van der Waals surface area contributed by atoms with E-state index < -0.39 is 0 Å². The molecule has 0 radical (unpaired) electrons. The van der Waals surface area contributed by atoms with Gasteiger partial charge in [-0.15, -0.1) is 10.2 Å². The molecular weight excluding hydrogens is 328 g/mol. The Labute approximate surface area is 143 Å². The zero-order chi connectivity index (χ0) is 16.8. The molecule has 0 bridgehead atoms. The lowest BCUT2D eigenvalue weighted by molar-refractivity contribution is -0.121. The highest BCUT2D eigenvalue weighted by atomic mass is 35.5. The van der Waals surface area contributed by atoms with Crippen molar-refractivity contribution < 1.29 is 9.21 Å². The summed E-state index contributed by atoms with van der Waals surface area (Å²) in [5, 5.41) is 11.3. The molecule has 3 aromatic rings. The van der Waals surface area contributed by atoms with E-state index in [1.807, 2.05) is 30.3 Å². The van der Waals surface area contributed by atoms with Crippen LogP contribution in [0.25, 0.3) is 11.6 Å². The smallest absolute Gasteiger partial charge is 0.266 e. The molecule has 2 aromatic heterocycles. The van der Waals surface area contributed by atoms with Crippen molar-refractivity contribution >= 4 is 17.5 Å². The average Bonchev–Trinajstić information content (AvgIpc) is 3.09. The molecule has 1 aromatic carbocycles. The molecule has 0 fully saturated rings. The maximum Gasteiger partial charge on any atom is 0.266 e. The summed E-state index contributed by atoms with van der Waals surface area (Å²) in [5.41, 5.74) is 1.49. The number of amides is 1. The second-order valence-electron chi connectivity index (χ2n) is 5.08. The van der Waals surface area contributed by atoms with E-state index in [0.29, 0.717) is 35.5 Å². The molecule has 0 aliphatic carbocycles. The molecule has 24 heavy (non-hydrogen) atoms. The van der Waals surface area contributed by atoms with Crippen LogP contribution in [-0.2, 0) is 17.8 Å². The van der Waals surface area contributed by atoms with Crippen LogP contribution in [-0.4, -0.2) is 21.1 Å². The number of carbonyl (C=O) groups is 1. The second-order valence-corrected chi connectivity index (χ2v) is 5.49. The summed E-state index contributed by atoms with van der Waals surface area (Å²) < 4.78 is 5.52. The van der Waals surface area contributed by atoms with Crippen LogP contribution in [0.4, 0.5) is 0 Å². The Morgan fingerprint density at radius 3 is 2.75 bits per heavy atom. The van der Waals surface area contributed by atoms with Gasteiger partial charge in [-0.05, 0) is 23.8 Å². The maximum absolute atomic E-state index is 11.9. The Balaban J connectivity index is 1.50. The van der Waals surface area contributed by atoms with Gasteiger partial charge in [-0.2, -0.15) is 0 Å². The Hall–Kier alpha value is -2.73. The normalized spacial score (nSPS) is 10.5. The van der Waals surface area contributed by atoms with Crippen LogP contribution < -0.4 is 5.32 Å². The lowest BCUT2D eigenvalue weighted by atomic mass is 10.2. The Morgan fingerprint density at radius 1 is 1.12 bits per heavy atom. The minimum Gasteiger partial charge on any atom is -0.419 e. The van der Waals surface area contributed by atoms with Crippen molar-refractivity contribution in [2.24, 2.45) is 0 Å². The number of pyridine rings is 1. The first-order chi connectivity index (χ1) is 11.7. The topological polar surface area (TPSA) is 80.9 Å². The fourth-order valence-electron chi connectivity index (χ4n) is 2.09. The predicted octanol–water partition coefficient (Wildman–Crippen LogP) is 3.03. The molecule has 0 saturated heterocycles. The predicted molar refractivity (Wildman–Crippen MR) is 89.1 cm³/mol. The standard InChI is InChI=1S/C17H15ClN4O2/c18-13-6-2-1-5-12(13)11-20-15(23)8-9-16-21-22-17(24-16)14-7-3-4-10-19-14/h1-7,10H,8-9,11H2,(H,20,23). The highest BCUT2D eigenvalue weighted by Gasteiger charge is 2.11. The van der Waals surface area contributed by atoms with Crippen LogP contribution >= 0.6 is 11.6 Å². The minimum atomic E-state index is -0.104. The molecule has 0 aliphatic rings. The van der Waals surface area contributed by atoms with Crippen LogP contribution in [0.15, 0.2) is 53.1 Å². The molecule has 0 aliphatic heterocycles. The maximum atomic E-state index is 11.9. The third kappa shape index (κ3) is 4.17. The van der Waals surface area contributed by atoms with Crippen LogP contribution in [0.3, 0.4) is 0 Å². The van der Waals surface area contributed by atoms with Gasteiger partial charge in [0.25, 0.3) is 5.89 Å². The zero-order valence-electron chi connectivity index (χ0n) is 12.8. The van der Waals surface area contributed by atoms with Crippen molar-refractivity contribution in [2.45, 2.75) is 19.4 Å². The number of halogens is 1. The van der Waals surface area contributed by atoms with E-state index in [-0.39, 0.29) is 12.3 Å². The van der Waals surface area contributed by atoms with Gasteiger partial charge in [0.05, 0.1) is 0 Å². The molecule has 7 heteroatoms.